The van der Waals surface area contributed by atoms with Crippen LogP contribution in [0.5, 0.6) is 0 Å². The van der Waals surface area contributed by atoms with E-state index in [1.807, 2.05) is 3.28 Å². The van der Waals surface area contributed by atoms with Gasteiger partial charge in [0.1, 0.15) is 0 Å². The van der Waals surface area contributed by atoms with Crippen LogP contribution < -0.4 is 0 Å². The van der Waals surface area contributed by atoms with Crippen molar-refractivity contribution >= 4 is 0 Å². The number of hydrogen-bond donors (Lipinski definition) is 0. The molecule has 1 aliphatic rings. The monoisotopic (exact) mass is 297 g/mol. The Kier molecular flexibility index (Phi) is 4.81. The number of allylic oxidation sites excluding steroid dienone is 4. The molecule has 0 N–H and O–H groups in total. The Hall–Kier alpha value is 0.363. The maximum absolute atomic E-state index is 2.42. The molecule has 0 aromatic heterocycles. The van der Waals surface area contributed by atoms with E-state index in [1.165, 1.54) is 14.7 Å². The quantitative estimate of drug-likeness (QED) is 0.656. The van der Waals surface area contributed by atoms with E-state index in [0.29, 0.717) is 10.8 Å². The van der Waals surface area contributed by atoms with Crippen molar-refractivity contribution in [3.63, 3.8) is 0 Å². The van der Waals surface area contributed by atoms with Crippen molar-refractivity contribution in [1.29, 1.82) is 0 Å². The minimum absolute atomic E-state index is 0.517. The Morgan fingerprint density at radius 1 is 1.00 bits per heavy atom. The molecule has 0 aromatic carbocycles. The molecule has 0 heterocycles. The van der Waals surface area contributed by atoms with Crippen LogP contribution in [0.15, 0.2) is 21.5 Å². The van der Waals surface area contributed by atoms with Crippen LogP contribution >= 0.6 is 0 Å². The molecule has 0 radical (unpaired) electrons. The van der Waals surface area contributed by atoms with E-state index in [1.54, 1.807) is 0 Å². The molecule has 0 atom stereocenters. The summed E-state index contributed by atoms with van der Waals surface area (Å²) in [5.41, 5.74) is 1.03. The van der Waals surface area contributed by atoms with Crippen LogP contribution in [0.2, 0.25) is 8.26 Å². The fourth-order valence-electron chi connectivity index (χ4n) is 2.28. The molecule has 1 aliphatic carbocycles. The molecule has 0 amide bonds. The SMILES string of the molecule is CC(C)(C)[CH2][Zr]([CH2]C(C)(C)C)[C]1=CC=CC1. The van der Waals surface area contributed by atoms with Gasteiger partial charge in [-0.2, -0.15) is 0 Å². The third-order valence-electron chi connectivity index (χ3n) is 2.71. The summed E-state index contributed by atoms with van der Waals surface area (Å²) in [5, 5.41) is 0. The van der Waals surface area contributed by atoms with Gasteiger partial charge in [-0.1, -0.05) is 0 Å². The summed E-state index contributed by atoms with van der Waals surface area (Å²) < 4.78 is 4.84. The normalized spacial score (nSPS) is 16.5. The molecule has 0 aliphatic heterocycles. The molecule has 0 spiro atoms. The molecule has 0 aromatic rings. The van der Waals surface area contributed by atoms with Crippen molar-refractivity contribution in [2.45, 2.75) is 56.2 Å². The predicted octanol–water partition coefficient (Wildman–Crippen LogP) is 5.38. The molecule has 1 rings (SSSR count). The van der Waals surface area contributed by atoms with Gasteiger partial charge < -0.3 is 0 Å². The second-order valence-corrected chi connectivity index (χ2v) is 13.7. The van der Waals surface area contributed by atoms with E-state index in [4.69, 9.17) is 0 Å². The van der Waals surface area contributed by atoms with Crippen LogP contribution in [0.25, 0.3) is 0 Å². The Labute approximate surface area is 110 Å². The number of rotatable bonds is 3. The van der Waals surface area contributed by atoms with Crippen molar-refractivity contribution in [2.24, 2.45) is 10.8 Å². The zero-order valence-electron chi connectivity index (χ0n) is 11.9. The second-order valence-electron chi connectivity index (χ2n) is 7.40. The third-order valence-corrected chi connectivity index (χ3v) is 13.2. The molecule has 0 bridgehead atoms. The van der Waals surface area contributed by atoms with Crippen molar-refractivity contribution in [3.8, 4) is 0 Å². The summed E-state index contributed by atoms with van der Waals surface area (Å²) in [7, 11) is 0. The van der Waals surface area contributed by atoms with E-state index in [0.717, 1.165) is 0 Å². The van der Waals surface area contributed by atoms with E-state index >= 15 is 0 Å². The van der Waals surface area contributed by atoms with Gasteiger partial charge >= 0.3 is 110 Å². The molecular weight excluding hydrogens is 271 g/mol. The van der Waals surface area contributed by atoms with Gasteiger partial charge in [0.2, 0.25) is 0 Å². The van der Waals surface area contributed by atoms with Gasteiger partial charge in [0, 0.05) is 0 Å². The van der Waals surface area contributed by atoms with E-state index in [9.17, 15) is 0 Å². The first-order valence-corrected chi connectivity index (χ1v) is 11.1. The molecule has 0 fully saturated rings. The summed E-state index contributed by atoms with van der Waals surface area (Å²) in [6.45, 7) is 14.4. The summed E-state index contributed by atoms with van der Waals surface area (Å²) in [6.07, 6.45) is 8.29. The average molecular weight is 299 g/mol. The summed E-state index contributed by atoms with van der Waals surface area (Å²) in [5.74, 6) is 0. The summed E-state index contributed by atoms with van der Waals surface area (Å²) in [6, 6.07) is 0. The average Bonchev–Trinajstić information content (AvgIpc) is 2.47. The summed E-state index contributed by atoms with van der Waals surface area (Å²) in [4.78, 5) is 0. The van der Waals surface area contributed by atoms with Gasteiger partial charge in [0.25, 0.3) is 0 Å². The van der Waals surface area contributed by atoms with Gasteiger partial charge in [-0.15, -0.1) is 0 Å². The van der Waals surface area contributed by atoms with Crippen molar-refractivity contribution < 1.29 is 21.8 Å². The van der Waals surface area contributed by atoms with Crippen LogP contribution in [0, 0.1) is 10.8 Å². The summed E-state index contributed by atoms with van der Waals surface area (Å²) >= 11 is -1.36. The first-order chi connectivity index (χ1) is 7.17. The van der Waals surface area contributed by atoms with Gasteiger partial charge in [-0.05, 0) is 0 Å². The van der Waals surface area contributed by atoms with Crippen LogP contribution in [0.4, 0.5) is 0 Å². The van der Waals surface area contributed by atoms with Crippen LogP contribution in [0.3, 0.4) is 0 Å². The molecule has 0 saturated carbocycles. The fraction of sp³-hybridized carbons (Fsp3) is 0.733. The zero-order chi connectivity index (χ0) is 12.4. The van der Waals surface area contributed by atoms with Gasteiger partial charge in [-0.25, -0.2) is 0 Å². The first kappa shape index (κ1) is 14.4. The van der Waals surface area contributed by atoms with Crippen LogP contribution in [-0.4, -0.2) is 0 Å². The Bertz CT molecular complexity index is 268. The van der Waals surface area contributed by atoms with Gasteiger partial charge in [0.05, 0.1) is 0 Å². The third kappa shape index (κ3) is 5.62. The molecule has 16 heavy (non-hydrogen) atoms. The van der Waals surface area contributed by atoms with Crippen molar-refractivity contribution in [2.75, 3.05) is 0 Å². The molecule has 0 saturated heterocycles. The molecule has 1 heteroatoms. The number of hydrogen-bond acceptors (Lipinski definition) is 0. The van der Waals surface area contributed by atoms with Crippen LogP contribution in [0.1, 0.15) is 48.0 Å². The molecular formula is C15H27Zr. The van der Waals surface area contributed by atoms with Crippen LogP contribution in [-0.2, 0) is 21.8 Å². The zero-order valence-corrected chi connectivity index (χ0v) is 14.3. The maximum atomic E-state index is 2.42. The Morgan fingerprint density at radius 2 is 1.50 bits per heavy atom. The van der Waals surface area contributed by atoms with Gasteiger partial charge in [0.15, 0.2) is 0 Å². The van der Waals surface area contributed by atoms with Crippen molar-refractivity contribution in [3.05, 3.63) is 21.5 Å². The molecule has 0 nitrogen and oxygen atoms in total. The first-order valence-electron chi connectivity index (χ1n) is 6.38. The predicted molar refractivity (Wildman–Crippen MR) is 70.4 cm³/mol. The topological polar surface area (TPSA) is 0 Å². The van der Waals surface area contributed by atoms with E-state index in [2.05, 4.69) is 59.8 Å². The van der Waals surface area contributed by atoms with E-state index < -0.39 is 21.8 Å². The van der Waals surface area contributed by atoms with Crippen molar-refractivity contribution in [1.82, 2.24) is 0 Å². The molecule has 91 valence electrons. The second kappa shape index (κ2) is 5.34. The fourth-order valence-corrected chi connectivity index (χ4v) is 11.8. The Morgan fingerprint density at radius 3 is 1.81 bits per heavy atom. The van der Waals surface area contributed by atoms with Gasteiger partial charge in [-0.3, -0.25) is 0 Å². The van der Waals surface area contributed by atoms with E-state index in [-0.39, 0.29) is 0 Å². The Balaban J connectivity index is 2.70. The molecule has 0 unspecified atom stereocenters. The standard InChI is InChI=1S/C5H5.2C5H11.Zr/c1-2-4-5-3-1;2*1-5(2,3)4;/h1-3H,4H2;2*1H2,2-4H3;. The minimum atomic E-state index is -1.36.